The molecule has 2 N–H and O–H groups in total. The average Bonchev–Trinajstić information content (AvgIpc) is 2.84. The number of hydrogen-bond acceptors (Lipinski definition) is 6. The maximum absolute atomic E-state index is 13.8. The van der Waals surface area contributed by atoms with Crippen LogP contribution in [0.2, 0.25) is 10.0 Å². The highest BCUT2D eigenvalue weighted by Crippen LogP contribution is 2.38. The average molecular weight is 523 g/mol. The van der Waals surface area contributed by atoms with E-state index in [1.807, 2.05) is 31.0 Å². The van der Waals surface area contributed by atoms with Crippen molar-refractivity contribution in [2.75, 3.05) is 21.2 Å². The molecule has 0 saturated carbocycles. The summed E-state index contributed by atoms with van der Waals surface area (Å²) in [6.07, 6.45) is 2.80. The van der Waals surface area contributed by atoms with E-state index in [1.54, 1.807) is 50.6 Å². The Hall–Kier alpha value is -2.52. The van der Waals surface area contributed by atoms with Crippen LogP contribution in [0.4, 0.5) is 0 Å². The van der Waals surface area contributed by atoms with E-state index in [0.29, 0.717) is 32.0 Å². The van der Waals surface area contributed by atoms with Crippen LogP contribution in [-0.4, -0.2) is 40.6 Å². The highest BCUT2D eigenvalue weighted by atomic mass is 35.5. The molecule has 34 heavy (non-hydrogen) atoms. The third-order valence-corrected chi connectivity index (χ3v) is 7.51. The predicted molar refractivity (Wildman–Crippen MR) is 136 cm³/mol. The molecule has 2 unspecified atom stereocenters. The number of methoxy groups -OCH3 is 1. The maximum Gasteiger partial charge on any atom is 0.265 e. The number of likely N-dealkylation sites (N-methyl/N-ethyl adjacent to an activating group) is 1. The highest BCUT2D eigenvalue weighted by Gasteiger charge is 2.38. The lowest BCUT2D eigenvalue weighted by atomic mass is 9.93. The molecule has 10 heteroatoms. The lowest BCUT2D eigenvalue weighted by Crippen LogP contribution is -2.49. The number of halogens is 2. The van der Waals surface area contributed by atoms with Gasteiger partial charge in [0, 0.05) is 19.8 Å². The van der Waals surface area contributed by atoms with Crippen LogP contribution in [0.3, 0.4) is 0 Å². The molecule has 0 radical (unpaired) electrons. The summed E-state index contributed by atoms with van der Waals surface area (Å²) in [5.41, 5.74) is 5.03. The number of nitrogens with zero attached hydrogens (tertiary/aromatic N) is 2. The zero-order chi connectivity index (χ0) is 25.0. The largest absolute Gasteiger partial charge is 0.497 e. The van der Waals surface area contributed by atoms with Crippen molar-refractivity contribution in [1.82, 2.24) is 20.1 Å². The summed E-state index contributed by atoms with van der Waals surface area (Å²) in [6, 6.07) is 11.5. The SMILES string of the molecule is CC/C=C1/NC(C)=C(C(=O)N(C)S(=O)c2ccc(OC)cc2)C(c2ccc(Cl)c(Cl)c2)N1NC. The van der Waals surface area contributed by atoms with Crippen LogP contribution < -0.4 is 15.5 Å². The number of rotatable bonds is 7. The third-order valence-electron chi connectivity index (χ3n) is 5.43. The van der Waals surface area contributed by atoms with Gasteiger partial charge in [0.1, 0.15) is 17.6 Å². The molecule has 1 heterocycles. The molecule has 1 amide bonds. The van der Waals surface area contributed by atoms with E-state index >= 15 is 0 Å². The normalized spacial score (nSPS) is 18.0. The topological polar surface area (TPSA) is 73.9 Å². The number of carbonyl (C=O) groups excluding carboxylic acids is 1. The zero-order valence-corrected chi connectivity index (χ0v) is 22.0. The number of nitrogens with one attached hydrogen (secondary N) is 2. The number of carbonyl (C=O) groups is 1. The molecule has 7 nitrogen and oxygen atoms in total. The molecule has 0 spiro atoms. The van der Waals surface area contributed by atoms with Crippen LogP contribution >= 0.6 is 23.2 Å². The van der Waals surface area contributed by atoms with Gasteiger partial charge in [0.25, 0.3) is 5.91 Å². The fourth-order valence-corrected chi connectivity index (χ4v) is 5.00. The van der Waals surface area contributed by atoms with E-state index in [2.05, 4.69) is 10.7 Å². The number of allylic oxidation sites excluding steroid dienone is 2. The van der Waals surface area contributed by atoms with Crippen molar-refractivity contribution >= 4 is 40.1 Å². The monoisotopic (exact) mass is 522 g/mol. The van der Waals surface area contributed by atoms with Crippen LogP contribution in [0.25, 0.3) is 0 Å². The van der Waals surface area contributed by atoms with Gasteiger partial charge in [-0.2, -0.15) is 0 Å². The van der Waals surface area contributed by atoms with E-state index in [9.17, 15) is 9.00 Å². The molecular weight excluding hydrogens is 495 g/mol. The van der Waals surface area contributed by atoms with Gasteiger partial charge in [-0.1, -0.05) is 36.2 Å². The van der Waals surface area contributed by atoms with Crippen LogP contribution in [0.5, 0.6) is 5.75 Å². The Labute approximate surface area is 212 Å². The highest BCUT2D eigenvalue weighted by molar-refractivity contribution is 7.83. The van der Waals surface area contributed by atoms with E-state index < -0.39 is 17.0 Å². The molecule has 0 saturated heterocycles. The number of benzene rings is 2. The minimum atomic E-state index is -1.72. The smallest absolute Gasteiger partial charge is 0.265 e. The Bertz CT molecular complexity index is 1150. The fourth-order valence-electron chi connectivity index (χ4n) is 3.76. The van der Waals surface area contributed by atoms with E-state index in [-0.39, 0.29) is 5.91 Å². The van der Waals surface area contributed by atoms with Gasteiger partial charge in [0.05, 0.1) is 27.6 Å². The van der Waals surface area contributed by atoms with Crippen LogP contribution in [0, 0.1) is 0 Å². The molecule has 1 aliphatic heterocycles. The second-order valence-corrected chi connectivity index (χ2v) is 9.89. The molecule has 3 rings (SSSR count). The van der Waals surface area contributed by atoms with Gasteiger partial charge < -0.3 is 10.1 Å². The zero-order valence-electron chi connectivity index (χ0n) is 19.7. The lowest BCUT2D eigenvalue weighted by Gasteiger charge is -2.41. The van der Waals surface area contributed by atoms with Gasteiger partial charge in [-0.05, 0) is 61.4 Å². The first-order valence-electron chi connectivity index (χ1n) is 10.7. The molecule has 2 aromatic carbocycles. The van der Waals surface area contributed by atoms with Crippen molar-refractivity contribution in [3.05, 3.63) is 81.2 Å². The van der Waals surface area contributed by atoms with Crippen molar-refractivity contribution in [2.24, 2.45) is 0 Å². The summed E-state index contributed by atoms with van der Waals surface area (Å²) in [7, 11) is 3.14. The molecule has 2 aromatic rings. The Balaban J connectivity index is 2.07. The molecule has 1 aliphatic rings. The third kappa shape index (κ3) is 5.25. The van der Waals surface area contributed by atoms with Gasteiger partial charge in [0.2, 0.25) is 0 Å². The Morgan fingerprint density at radius 3 is 2.47 bits per heavy atom. The Kier molecular flexibility index (Phi) is 8.65. The van der Waals surface area contributed by atoms with Crippen molar-refractivity contribution in [2.45, 2.75) is 31.2 Å². The molecule has 0 bridgehead atoms. The Morgan fingerprint density at radius 2 is 1.91 bits per heavy atom. The van der Waals surface area contributed by atoms with E-state index in [1.165, 1.54) is 11.4 Å². The van der Waals surface area contributed by atoms with Gasteiger partial charge in [-0.25, -0.2) is 9.63 Å². The first kappa shape index (κ1) is 26.1. The number of amides is 1. The van der Waals surface area contributed by atoms with Crippen molar-refractivity contribution in [3.8, 4) is 5.75 Å². The second-order valence-electron chi connectivity index (χ2n) is 7.56. The number of hydrogen-bond donors (Lipinski definition) is 2. The van der Waals surface area contributed by atoms with Gasteiger partial charge in [-0.15, -0.1) is 0 Å². The molecule has 0 aromatic heterocycles. The van der Waals surface area contributed by atoms with Crippen LogP contribution in [-0.2, 0) is 15.8 Å². The molecule has 0 fully saturated rings. The van der Waals surface area contributed by atoms with Crippen LogP contribution in [0.15, 0.2) is 70.5 Å². The second kappa shape index (κ2) is 11.3. The minimum Gasteiger partial charge on any atom is -0.497 e. The summed E-state index contributed by atoms with van der Waals surface area (Å²) < 4.78 is 19.6. The molecule has 182 valence electrons. The molecule has 0 aliphatic carbocycles. The summed E-state index contributed by atoms with van der Waals surface area (Å²) in [4.78, 5) is 14.3. The summed E-state index contributed by atoms with van der Waals surface area (Å²) in [5.74, 6) is 1.06. The maximum atomic E-state index is 13.8. The Morgan fingerprint density at radius 1 is 1.24 bits per heavy atom. The summed E-state index contributed by atoms with van der Waals surface area (Å²) in [6.45, 7) is 3.86. The van der Waals surface area contributed by atoms with E-state index in [4.69, 9.17) is 27.9 Å². The van der Waals surface area contributed by atoms with Crippen molar-refractivity contribution < 1.29 is 13.7 Å². The van der Waals surface area contributed by atoms with Gasteiger partial charge in [-0.3, -0.25) is 14.1 Å². The molecule has 2 atom stereocenters. The number of hydrazine groups is 1. The quantitative estimate of drug-likeness (QED) is 0.544. The van der Waals surface area contributed by atoms with Gasteiger partial charge >= 0.3 is 0 Å². The summed E-state index contributed by atoms with van der Waals surface area (Å²) >= 11 is 12.5. The first-order chi connectivity index (χ1) is 16.2. The van der Waals surface area contributed by atoms with Crippen molar-refractivity contribution in [3.63, 3.8) is 0 Å². The fraction of sp³-hybridized carbons (Fsp3) is 0.292. The van der Waals surface area contributed by atoms with Crippen molar-refractivity contribution in [1.29, 1.82) is 0 Å². The summed E-state index contributed by atoms with van der Waals surface area (Å²) in [5, 5.41) is 5.97. The molecular formula is C24H28Cl2N4O3S. The van der Waals surface area contributed by atoms with Crippen LogP contribution in [0.1, 0.15) is 31.9 Å². The lowest BCUT2D eigenvalue weighted by molar-refractivity contribution is -0.122. The standard InChI is InChI=1S/C24H28Cl2N4O3S/c1-6-7-21-28-15(2)22(23(30(21)27-3)16-8-13-19(25)20(26)14-16)24(31)29(4)34(32)18-11-9-17(33-5)10-12-18/h7-14,23,27-28H,6H2,1-5H3/b21-7-. The minimum absolute atomic E-state index is 0.383. The van der Waals surface area contributed by atoms with E-state index in [0.717, 1.165) is 17.8 Å². The van der Waals surface area contributed by atoms with Gasteiger partial charge in [0.15, 0.2) is 11.0 Å². The number of ether oxygens (including phenoxy) is 1. The first-order valence-corrected chi connectivity index (χ1v) is 12.5. The predicted octanol–water partition coefficient (Wildman–Crippen LogP) is 4.79.